The molecule has 0 heterocycles. The number of alkyl carbamates (subject to hydrolysis) is 1. The lowest BCUT2D eigenvalue weighted by molar-refractivity contribution is -0.139. The van der Waals surface area contributed by atoms with E-state index in [1.54, 1.807) is 20.8 Å². The standard InChI is InChI=1S/C14H25NO4/c1-10(2)8-6-7-9-11(12(16)17)15-13(18)19-14(3,4)5/h8,11H,6-7,9H2,1-5H3,(H,15,18)(H,16,17). The molecule has 1 amide bonds. The van der Waals surface area contributed by atoms with Crippen molar-refractivity contribution in [1.29, 1.82) is 0 Å². The number of rotatable bonds is 6. The molecule has 0 aliphatic rings. The van der Waals surface area contributed by atoms with Crippen LogP contribution in [0, 0.1) is 0 Å². The highest BCUT2D eigenvalue weighted by atomic mass is 16.6. The number of nitrogens with one attached hydrogen (secondary N) is 1. The van der Waals surface area contributed by atoms with E-state index in [2.05, 4.69) is 5.32 Å². The molecule has 0 aromatic heterocycles. The second-order valence-electron chi connectivity index (χ2n) is 5.75. The summed E-state index contributed by atoms with van der Waals surface area (Å²) in [5.74, 6) is -1.04. The van der Waals surface area contributed by atoms with Gasteiger partial charge in [-0.15, -0.1) is 0 Å². The van der Waals surface area contributed by atoms with Crippen molar-refractivity contribution < 1.29 is 19.4 Å². The average Bonchev–Trinajstić information content (AvgIpc) is 2.19. The molecule has 0 rings (SSSR count). The first kappa shape index (κ1) is 17.5. The highest BCUT2D eigenvalue weighted by Crippen LogP contribution is 2.09. The van der Waals surface area contributed by atoms with Gasteiger partial charge in [-0.25, -0.2) is 9.59 Å². The van der Waals surface area contributed by atoms with Crippen LogP contribution >= 0.6 is 0 Å². The summed E-state index contributed by atoms with van der Waals surface area (Å²) < 4.78 is 5.04. The predicted molar refractivity (Wildman–Crippen MR) is 74.1 cm³/mol. The summed E-state index contributed by atoms with van der Waals surface area (Å²) >= 11 is 0. The Bertz CT molecular complexity index is 338. The van der Waals surface area contributed by atoms with Gasteiger partial charge in [-0.1, -0.05) is 11.6 Å². The molecule has 0 aliphatic heterocycles. The third kappa shape index (κ3) is 10.1. The summed E-state index contributed by atoms with van der Waals surface area (Å²) in [5.41, 5.74) is 0.571. The quantitative estimate of drug-likeness (QED) is 0.575. The number of carbonyl (C=O) groups excluding carboxylic acids is 1. The highest BCUT2D eigenvalue weighted by molar-refractivity contribution is 5.79. The van der Waals surface area contributed by atoms with Gasteiger partial charge >= 0.3 is 12.1 Å². The Hall–Kier alpha value is -1.52. The normalized spacial score (nSPS) is 12.5. The van der Waals surface area contributed by atoms with E-state index < -0.39 is 23.7 Å². The molecule has 0 saturated carbocycles. The SMILES string of the molecule is CC(C)=CCCCC(NC(=O)OC(C)(C)C)C(=O)O. The zero-order valence-electron chi connectivity index (χ0n) is 12.4. The molecule has 0 aromatic carbocycles. The van der Waals surface area contributed by atoms with Crippen molar-refractivity contribution in [2.24, 2.45) is 0 Å². The molecule has 2 N–H and O–H groups in total. The molecule has 0 bridgehead atoms. The Balaban J connectivity index is 4.23. The maximum absolute atomic E-state index is 11.5. The molecule has 110 valence electrons. The van der Waals surface area contributed by atoms with Crippen molar-refractivity contribution in [2.75, 3.05) is 0 Å². The molecule has 0 aliphatic carbocycles. The lowest BCUT2D eigenvalue weighted by atomic mass is 10.1. The summed E-state index contributed by atoms with van der Waals surface area (Å²) in [5, 5.41) is 11.4. The Labute approximate surface area is 115 Å². The molecular weight excluding hydrogens is 246 g/mol. The molecule has 0 spiro atoms. The van der Waals surface area contributed by atoms with E-state index in [1.165, 1.54) is 5.57 Å². The maximum atomic E-state index is 11.5. The van der Waals surface area contributed by atoms with Crippen LogP contribution in [-0.2, 0) is 9.53 Å². The zero-order valence-corrected chi connectivity index (χ0v) is 12.4. The molecule has 0 radical (unpaired) electrons. The lowest BCUT2D eigenvalue weighted by Gasteiger charge is -2.21. The van der Waals surface area contributed by atoms with Gasteiger partial charge in [0.15, 0.2) is 0 Å². The van der Waals surface area contributed by atoms with E-state index in [4.69, 9.17) is 9.84 Å². The van der Waals surface area contributed by atoms with Crippen LogP contribution in [0.4, 0.5) is 4.79 Å². The van der Waals surface area contributed by atoms with E-state index in [0.717, 1.165) is 6.42 Å². The predicted octanol–water partition coefficient (Wildman–Crippen LogP) is 3.10. The number of ether oxygens (including phenoxy) is 1. The molecule has 1 unspecified atom stereocenters. The largest absolute Gasteiger partial charge is 0.480 e. The first-order chi connectivity index (χ1) is 8.61. The van der Waals surface area contributed by atoms with Gasteiger partial charge in [0.2, 0.25) is 0 Å². The van der Waals surface area contributed by atoms with Crippen molar-refractivity contribution in [3.05, 3.63) is 11.6 Å². The molecule has 0 fully saturated rings. The summed E-state index contributed by atoms with van der Waals surface area (Å²) in [6.45, 7) is 9.19. The minimum atomic E-state index is -1.04. The number of amides is 1. The van der Waals surface area contributed by atoms with Gasteiger partial charge in [-0.05, 0) is 53.9 Å². The number of carboxylic acids is 1. The smallest absolute Gasteiger partial charge is 0.408 e. The van der Waals surface area contributed by atoms with Gasteiger partial charge in [-0.3, -0.25) is 0 Å². The summed E-state index contributed by atoms with van der Waals surface area (Å²) in [4.78, 5) is 22.5. The van der Waals surface area contributed by atoms with Crippen LogP contribution in [-0.4, -0.2) is 28.8 Å². The fraction of sp³-hybridized carbons (Fsp3) is 0.714. The van der Waals surface area contributed by atoms with Gasteiger partial charge < -0.3 is 15.2 Å². The first-order valence-electron chi connectivity index (χ1n) is 6.47. The fourth-order valence-corrected chi connectivity index (χ4v) is 1.42. The van der Waals surface area contributed by atoms with Crippen LogP contribution in [0.5, 0.6) is 0 Å². The van der Waals surface area contributed by atoms with E-state index in [-0.39, 0.29) is 0 Å². The highest BCUT2D eigenvalue weighted by Gasteiger charge is 2.23. The maximum Gasteiger partial charge on any atom is 0.408 e. The van der Waals surface area contributed by atoms with E-state index in [0.29, 0.717) is 12.8 Å². The summed E-state index contributed by atoms with van der Waals surface area (Å²) in [6.07, 6.45) is 3.26. The second kappa shape index (κ2) is 7.81. The van der Waals surface area contributed by atoms with Gasteiger partial charge in [0.25, 0.3) is 0 Å². The number of hydrogen-bond donors (Lipinski definition) is 2. The average molecular weight is 271 g/mol. The van der Waals surface area contributed by atoms with Crippen molar-refractivity contribution in [3.8, 4) is 0 Å². The Morgan fingerprint density at radius 2 is 1.89 bits per heavy atom. The van der Waals surface area contributed by atoms with Crippen molar-refractivity contribution >= 4 is 12.1 Å². The molecular formula is C14H25NO4. The van der Waals surface area contributed by atoms with Crippen LogP contribution in [0.3, 0.4) is 0 Å². The number of unbranched alkanes of at least 4 members (excludes halogenated alkanes) is 1. The molecule has 0 saturated heterocycles. The van der Waals surface area contributed by atoms with Gasteiger partial charge in [0.1, 0.15) is 11.6 Å². The van der Waals surface area contributed by atoms with E-state index in [1.807, 2.05) is 19.9 Å². The number of carbonyl (C=O) groups is 2. The van der Waals surface area contributed by atoms with Crippen molar-refractivity contribution in [3.63, 3.8) is 0 Å². The van der Waals surface area contributed by atoms with Gasteiger partial charge in [0, 0.05) is 0 Å². The molecule has 0 aromatic rings. The molecule has 19 heavy (non-hydrogen) atoms. The van der Waals surface area contributed by atoms with Gasteiger partial charge in [0.05, 0.1) is 0 Å². The minimum absolute atomic E-state index is 0.387. The Morgan fingerprint density at radius 3 is 2.32 bits per heavy atom. The second-order valence-corrected chi connectivity index (χ2v) is 5.75. The Morgan fingerprint density at radius 1 is 1.32 bits per heavy atom. The van der Waals surface area contributed by atoms with Crippen LogP contribution in [0.1, 0.15) is 53.9 Å². The summed E-state index contributed by atoms with van der Waals surface area (Å²) in [6, 6.07) is -0.902. The number of aliphatic carboxylic acids is 1. The summed E-state index contributed by atoms with van der Waals surface area (Å²) in [7, 11) is 0. The van der Waals surface area contributed by atoms with Gasteiger partial charge in [-0.2, -0.15) is 0 Å². The van der Waals surface area contributed by atoms with E-state index >= 15 is 0 Å². The molecule has 5 heteroatoms. The van der Waals surface area contributed by atoms with Crippen molar-refractivity contribution in [1.82, 2.24) is 5.32 Å². The monoisotopic (exact) mass is 271 g/mol. The third-order valence-corrected chi connectivity index (χ3v) is 2.24. The minimum Gasteiger partial charge on any atom is -0.480 e. The fourth-order valence-electron chi connectivity index (χ4n) is 1.42. The van der Waals surface area contributed by atoms with Crippen LogP contribution in [0.25, 0.3) is 0 Å². The van der Waals surface area contributed by atoms with E-state index in [9.17, 15) is 9.59 Å². The zero-order chi connectivity index (χ0) is 15.1. The third-order valence-electron chi connectivity index (χ3n) is 2.24. The number of hydrogen-bond acceptors (Lipinski definition) is 3. The molecule has 5 nitrogen and oxygen atoms in total. The van der Waals surface area contributed by atoms with Crippen LogP contribution < -0.4 is 5.32 Å². The number of allylic oxidation sites excluding steroid dienone is 2. The topological polar surface area (TPSA) is 75.6 Å². The number of carboxylic acid groups (broad SMARTS) is 1. The van der Waals surface area contributed by atoms with Crippen LogP contribution in [0.15, 0.2) is 11.6 Å². The molecule has 1 atom stereocenters. The lowest BCUT2D eigenvalue weighted by Crippen LogP contribution is -2.43. The first-order valence-corrected chi connectivity index (χ1v) is 6.47. The van der Waals surface area contributed by atoms with Crippen molar-refractivity contribution in [2.45, 2.75) is 65.5 Å². The Kier molecular flexibility index (Phi) is 7.19. The van der Waals surface area contributed by atoms with Crippen LogP contribution in [0.2, 0.25) is 0 Å².